The minimum atomic E-state index is -4.49. The van der Waals surface area contributed by atoms with Gasteiger partial charge < -0.3 is 31.7 Å². The Morgan fingerprint density at radius 2 is 1.83 bits per heavy atom. The van der Waals surface area contributed by atoms with Crippen LogP contribution in [0.5, 0.6) is 0 Å². The Balaban J connectivity index is 4.14. The Bertz CT molecular complexity index is 357. The predicted octanol–water partition coefficient (Wildman–Crippen LogP) is -1.85. The average Bonchev–Trinajstić information content (AvgIpc) is 2.23. The highest BCUT2D eigenvalue weighted by Crippen LogP contribution is 2.39. The zero-order valence-corrected chi connectivity index (χ0v) is 10.7. The van der Waals surface area contributed by atoms with Gasteiger partial charge in [0, 0.05) is 12.5 Å². The van der Waals surface area contributed by atoms with Crippen LogP contribution in [0.25, 0.3) is 0 Å². The second-order valence-corrected chi connectivity index (χ2v) is 5.68. The van der Waals surface area contributed by atoms with E-state index in [0.29, 0.717) is 0 Å². The molecule has 0 radical (unpaired) electrons. The molecule has 0 aliphatic heterocycles. The zero-order valence-electron chi connectivity index (χ0n) is 9.81. The number of carboxylic acids is 1. The van der Waals surface area contributed by atoms with Crippen LogP contribution in [0.3, 0.4) is 0 Å². The summed E-state index contributed by atoms with van der Waals surface area (Å²) >= 11 is 0. The largest absolute Gasteiger partial charge is 0.480 e. The molecule has 3 atom stereocenters. The number of carbonyl (C=O) groups is 2. The fourth-order valence-corrected chi connectivity index (χ4v) is 1.74. The lowest BCUT2D eigenvalue weighted by Gasteiger charge is -2.20. The van der Waals surface area contributed by atoms with E-state index in [4.69, 9.17) is 26.4 Å². The molecule has 0 spiro atoms. The summed E-state index contributed by atoms with van der Waals surface area (Å²) in [6.45, 7) is 1.29. The molecule has 0 aromatic heterocycles. The highest BCUT2D eigenvalue weighted by molar-refractivity contribution is 7.52. The molecule has 0 saturated heterocycles. The summed E-state index contributed by atoms with van der Waals surface area (Å²) in [5.74, 6) is -3.29. The summed E-state index contributed by atoms with van der Waals surface area (Å²) in [6, 6.07) is -2.08. The van der Waals surface area contributed by atoms with Crippen LogP contribution in [0.4, 0.5) is 0 Å². The van der Waals surface area contributed by atoms with Gasteiger partial charge in [-0.25, -0.2) is 0 Å². The van der Waals surface area contributed by atoms with E-state index in [1.54, 1.807) is 0 Å². The molecule has 18 heavy (non-hydrogen) atoms. The van der Waals surface area contributed by atoms with E-state index in [2.05, 4.69) is 5.32 Å². The molecule has 0 aromatic carbocycles. The summed E-state index contributed by atoms with van der Waals surface area (Å²) in [7, 11) is -4.49. The van der Waals surface area contributed by atoms with E-state index in [1.807, 2.05) is 0 Å². The molecular formula is C8H18N3O6P. The number of hydrogen-bond donors (Lipinski definition) is 6. The summed E-state index contributed by atoms with van der Waals surface area (Å²) in [6.07, 6.45) is -0.211. The van der Waals surface area contributed by atoms with Gasteiger partial charge in [-0.3, -0.25) is 14.2 Å². The summed E-state index contributed by atoms with van der Waals surface area (Å²) in [5, 5.41) is 10.7. The van der Waals surface area contributed by atoms with Crippen LogP contribution >= 0.6 is 7.60 Å². The highest BCUT2D eigenvalue weighted by atomic mass is 31.2. The van der Waals surface area contributed by atoms with E-state index in [9.17, 15) is 14.2 Å². The molecule has 0 aliphatic carbocycles. The first kappa shape index (κ1) is 17.0. The smallest absolute Gasteiger partial charge is 0.343 e. The van der Waals surface area contributed by atoms with Crippen LogP contribution in [0.1, 0.15) is 19.8 Å². The minimum Gasteiger partial charge on any atom is -0.480 e. The van der Waals surface area contributed by atoms with Crippen molar-refractivity contribution in [3.05, 3.63) is 0 Å². The second-order valence-electron chi connectivity index (χ2n) is 3.91. The highest BCUT2D eigenvalue weighted by Gasteiger charge is 2.30. The van der Waals surface area contributed by atoms with Crippen LogP contribution in [0, 0.1) is 0 Å². The van der Waals surface area contributed by atoms with Gasteiger partial charge in [-0.2, -0.15) is 0 Å². The number of hydrogen-bond acceptors (Lipinski definition) is 5. The molecule has 10 heteroatoms. The van der Waals surface area contributed by atoms with Gasteiger partial charge in [0.15, 0.2) is 0 Å². The third-order valence-electron chi connectivity index (χ3n) is 2.28. The van der Waals surface area contributed by atoms with Crippen molar-refractivity contribution in [1.29, 1.82) is 0 Å². The zero-order chi connectivity index (χ0) is 14.5. The van der Waals surface area contributed by atoms with Crippen molar-refractivity contribution in [2.24, 2.45) is 11.5 Å². The summed E-state index contributed by atoms with van der Waals surface area (Å²) in [5.41, 5.74) is 10.6. The van der Waals surface area contributed by atoms with Crippen molar-refractivity contribution >= 4 is 19.5 Å². The fraction of sp³-hybridized carbons (Fsp3) is 0.750. The van der Waals surface area contributed by atoms with Crippen molar-refractivity contribution in [2.45, 2.75) is 37.6 Å². The van der Waals surface area contributed by atoms with Crippen molar-refractivity contribution in [3.63, 3.8) is 0 Å². The Hall–Kier alpha value is -0.990. The number of aliphatic carboxylic acids is 1. The monoisotopic (exact) mass is 283 g/mol. The molecule has 1 amide bonds. The molecule has 0 fully saturated rings. The minimum absolute atomic E-state index is 0.0511. The lowest BCUT2D eigenvalue weighted by Crippen LogP contribution is -2.43. The summed E-state index contributed by atoms with van der Waals surface area (Å²) < 4.78 is 10.8. The van der Waals surface area contributed by atoms with E-state index >= 15 is 0 Å². The Labute approximate surface area is 104 Å². The maximum absolute atomic E-state index is 11.3. The Morgan fingerprint density at radius 1 is 1.33 bits per heavy atom. The van der Waals surface area contributed by atoms with Crippen molar-refractivity contribution in [3.8, 4) is 0 Å². The molecule has 106 valence electrons. The Kier molecular flexibility index (Phi) is 6.44. The summed E-state index contributed by atoms with van der Waals surface area (Å²) in [4.78, 5) is 39.3. The van der Waals surface area contributed by atoms with Crippen molar-refractivity contribution in [2.75, 3.05) is 0 Å². The molecule has 0 bridgehead atoms. The first-order chi connectivity index (χ1) is 8.05. The SMILES string of the molecule is C[C@H](NC(=O)CC[C@H](N)C(N)P(=O)(O)O)C(=O)O. The van der Waals surface area contributed by atoms with Crippen molar-refractivity contribution < 1.29 is 29.0 Å². The maximum Gasteiger partial charge on any atom is 0.343 e. The van der Waals surface area contributed by atoms with Crippen molar-refractivity contribution in [1.82, 2.24) is 5.32 Å². The molecular weight excluding hydrogens is 265 g/mol. The topological polar surface area (TPSA) is 176 Å². The van der Waals surface area contributed by atoms with Gasteiger partial charge in [0.05, 0.1) is 0 Å². The number of rotatable bonds is 7. The number of nitrogens with one attached hydrogen (secondary N) is 1. The third-order valence-corrected chi connectivity index (χ3v) is 3.44. The van der Waals surface area contributed by atoms with Crippen LogP contribution in [0.15, 0.2) is 0 Å². The van der Waals surface area contributed by atoms with Gasteiger partial charge in [-0.15, -0.1) is 0 Å². The van der Waals surface area contributed by atoms with Gasteiger partial charge in [-0.05, 0) is 13.3 Å². The lowest BCUT2D eigenvalue weighted by atomic mass is 10.1. The molecule has 0 saturated carbocycles. The molecule has 1 unspecified atom stereocenters. The second kappa shape index (κ2) is 6.81. The number of carbonyl (C=O) groups excluding carboxylic acids is 1. The first-order valence-corrected chi connectivity index (χ1v) is 6.82. The van der Waals surface area contributed by atoms with Crippen LogP contribution < -0.4 is 16.8 Å². The van der Waals surface area contributed by atoms with E-state index < -0.39 is 37.3 Å². The predicted molar refractivity (Wildman–Crippen MR) is 62.5 cm³/mol. The van der Waals surface area contributed by atoms with E-state index in [-0.39, 0.29) is 12.8 Å². The normalized spacial score (nSPS) is 16.7. The number of carboxylic acid groups (broad SMARTS) is 1. The molecule has 9 nitrogen and oxygen atoms in total. The third kappa shape index (κ3) is 6.08. The van der Waals surface area contributed by atoms with Gasteiger partial charge in [0.1, 0.15) is 11.8 Å². The van der Waals surface area contributed by atoms with Crippen LogP contribution in [0.2, 0.25) is 0 Å². The fourth-order valence-electron chi connectivity index (χ4n) is 1.09. The van der Waals surface area contributed by atoms with Gasteiger partial charge >= 0.3 is 13.6 Å². The molecule has 0 rings (SSSR count). The van der Waals surface area contributed by atoms with E-state index in [0.717, 1.165) is 0 Å². The first-order valence-electron chi connectivity index (χ1n) is 5.14. The molecule has 8 N–H and O–H groups in total. The number of amides is 1. The maximum atomic E-state index is 11.3. The van der Waals surface area contributed by atoms with Gasteiger partial charge in [-0.1, -0.05) is 0 Å². The number of nitrogens with two attached hydrogens (primary N) is 2. The van der Waals surface area contributed by atoms with Gasteiger partial charge in [0.25, 0.3) is 0 Å². The molecule has 0 heterocycles. The van der Waals surface area contributed by atoms with E-state index in [1.165, 1.54) is 6.92 Å². The lowest BCUT2D eigenvalue weighted by molar-refractivity contribution is -0.141. The standard InChI is InChI=1S/C8H18N3O6P/c1-4(8(13)14)11-6(12)3-2-5(9)7(10)18(15,16)17/h4-5,7H,2-3,9-10H2,1H3,(H,11,12)(H,13,14)(H2,15,16,17)/t4-,5-,7?/m0/s1. The van der Waals surface area contributed by atoms with Crippen LogP contribution in [-0.4, -0.2) is 44.6 Å². The molecule has 0 aliphatic rings. The quantitative estimate of drug-likeness (QED) is 0.295. The van der Waals surface area contributed by atoms with Gasteiger partial charge in [0.2, 0.25) is 5.91 Å². The molecule has 0 aromatic rings. The average molecular weight is 283 g/mol. The van der Waals surface area contributed by atoms with Crippen LogP contribution in [-0.2, 0) is 14.2 Å². The Morgan fingerprint density at radius 3 is 2.22 bits per heavy atom.